The van der Waals surface area contributed by atoms with Crippen LogP contribution in [0.3, 0.4) is 0 Å². The molecule has 1 nitrogen and oxygen atoms in total. The van der Waals surface area contributed by atoms with Crippen LogP contribution < -0.4 is 0 Å². The van der Waals surface area contributed by atoms with E-state index in [0.29, 0.717) is 5.02 Å². The van der Waals surface area contributed by atoms with E-state index in [9.17, 15) is 5.11 Å². The fourth-order valence-corrected chi connectivity index (χ4v) is 2.39. The first-order valence-corrected chi connectivity index (χ1v) is 7.08. The summed E-state index contributed by atoms with van der Waals surface area (Å²) in [6.07, 6.45) is 1.31. The lowest BCUT2D eigenvalue weighted by Crippen LogP contribution is -2.04. The van der Waals surface area contributed by atoms with E-state index in [2.05, 4.69) is 32.0 Å². The predicted molar refractivity (Wildman–Crippen MR) is 80.7 cm³/mol. The summed E-state index contributed by atoms with van der Waals surface area (Å²) in [5.74, 6) is 0. The van der Waals surface area contributed by atoms with E-state index >= 15 is 0 Å². The minimum Gasteiger partial charge on any atom is -0.384 e. The summed E-state index contributed by atoms with van der Waals surface area (Å²) in [5, 5.41) is 11.3. The number of aliphatic hydroxyl groups excluding tert-OH is 1. The molecule has 0 aliphatic carbocycles. The maximum atomic E-state index is 10.6. The van der Waals surface area contributed by atoms with Crippen molar-refractivity contribution in [2.24, 2.45) is 0 Å². The van der Waals surface area contributed by atoms with Crippen molar-refractivity contribution in [1.29, 1.82) is 0 Å². The number of aryl methyl sites for hydroxylation is 2. The molecule has 2 aromatic carbocycles. The van der Waals surface area contributed by atoms with Gasteiger partial charge in [0.25, 0.3) is 0 Å². The molecule has 19 heavy (non-hydrogen) atoms. The molecular weight excluding hydrogens is 256 g/mol. The fraction of sp³-hybridized carbons (Fsp3) is 0.294. The van der Waals surface area contributed by atoms with Gasteiger partial charge in [0.1, 0.15) is 6.10 Å². The highest BCUT2D eigenvalue weighted by Crippen LogP contribution is 2.27. The summed E-state index contributed by atoms with van der Waals surface area (Å²) >= 11 is 5.89. The molecule has 2 aromatic rings. The Bertz CT molecular complexity index is 546. The minimum absolute atomic E-state index is 0.585. The van der Waals surface area contributed by atoms with Crippen LogP contribution in [0.1, 0.15) is 42.2 Å². The van der Waals surface area contributed by atoms with Gasteiger partial charge in [0, 0.05) is 5.02 Å². The first kappa shape index (κ1) is 14.1. The Hall–Kier alpha value is -1.31. The standard InChI is InChI=1S/C17H19ClO/c1-3-12-5-6-13(4-2)16(11-12)17(19)14-7-9-15(18)10-8-14/h5-11,17,19H,3-4H2,1-2H3. The maximum Gasteiger partial charge on any atom is 0.104 e. The largest absolute Gasteiger partial charge is 0.384 e. The van der Waals surface area contributed by atoms with E-state index in [1.165, 1.54) is 11.1 Å². The van der Waals surface area contributed by atoms with E-state index in [4.69, 9.17) is 11.6 Å². The van der Waals surface area contributed by atoms with Gasteiger partial charge in [0.05, 0.1) is 0 Å². The van der Waals surface area contributed by atoms with E-state index in [1.807, 2.05) is 24.3 Å². The van der Waals surface area contributed by atoms with Crippen molar-refractivity contribution in [1.82, 2.24) is 0 Å². The molecule has 0 radical (unpaired) electrons. The first-order valence-electron chi connectivity index (χ1n) is 6.71. The lowest BCUT2D eigenvalue weighted by atomic mass is 9.93. The lowest BCUT2D eigenvalue weighted by Gasteiger charge is -2.17. The van der Waals surface area contributed by atoms with E-state index in [0.717, 1.165) is 24.0 Å². The Labute approximate surface area is 119 Å². The third kappa shape index (κ3) is 3.17. The molecule has 1 unspecified atom stereocenters. The molecule has 0 aromatic heterocycles. The zero-order valence-electron chi connectivity index (χ0n) is 11.4. The first-order chi connectivity index (χ1) is 9.15. The molecule has 0 bridgehead atoms. The summed E-state index contributed by atoms with van der Waals surface area (Å²) in [6.45, 7) is 4.23. The molecule has 0 heterocycles. The van der Waals surface area contributed by atoms with Crippen molar-refractivity contribution < 1.29 is 5.11 Å². The Morgan fingerprint density at radius 2 is 1.68 bits per heavy atom. The molecule has 0 aliphatic heterocycles. The Morgan fingerprint density at radius 1 is 1.00 bits per heavy atom. The number of benzene rings is 2. The molecular formula is C17H19ClO. The molecule has 1 atom stereocenters. The summed E-state index contributed by atoms with van der Waals surface area (Å²) in [7, 11) is 0. The zero-order valence-corrected chi connectivity index (χ0v) is 12.1. The molecule has 0 fully saturated rings. The normalized spacial score (nSPS) is 12.4. The number of rotatable bonds is 4. The van der Waals surface area contributed by atoms with Gasteiger partial charge >= 0.3 is 0 Å². The van der Waals surface area contributed by atoms with Crippen LogP contribution in [0.5, 0.6) is 0 Å². The van der Waals surface area contributed by atoms with Gasteiger partial charge in [-0.15, -0.1) is 0 Å². The molecule has 2 heteroatoms. The van der Waals surface area contributed by atoms with Crippen molar-refractivity contribution in [3.63, 3.8) is 0 Å². The second-order valence-corrected chi connectivity index (χ2v) is 5.13. The third-order valence-electron chi connectivity index (χ3n) is 3.48. The van der Waals surface area contributed by atoms with Gasteiger partial charge in [0.2, 0.25) is 0 Å². The second kappa shape index (κ2) is 6.23. The van der Waals surface area contributed by atoms with Crippen LogP contribution in [-0.4, -0.2) is 5.11 Å². The number of hydrogen-bond donors (Lipinski definition) is 1. The minimum atomic E-state index is -0.585. The third-order valence-corrected chi connectivity index (χ3v) is 3.73. The van der Waals surface area contributed by atoms with Crippen molar-refractivity contribution in [3.05, 3.63) is 69.7 Å². The van der Waals surface area contributed by atoms with Crippen LogP contribution in [0, 0.1) is 0 Å². The lowest BCUT2D eigenvalue weighted by molar-refractivity contribution is 0.219. The fourth-order valence-electron chi connectivity index (χ4n) is 2.27. The highest BCUT2D eigenvalue weighted by atomic mass is 35.5. The van der Waals surface area contributed by atoms with Crippen LogP contribution in [0.2, 0.25) is 5.02 Å². The second-order valence-electron chi connectivity index (χ2n) is 4.69. The Morgan fingerprint density at radius 3 is 2.26 bits per heavy atom. The summed E-state index contributed by atoms with van der Waals surface area (Å²) in [6, 6.07) is 13.8. The average Bonchev–Trinajstić information content (AvgIpc) is 2.46. The van der Waals surface area contributed by atoms with Crippen LogP contribution in [-0.2, 0) is 12.8 Å². The molecule has 100 valence electrons. The van der Waals surface area contributed by atoms with Gasteiger partial charge < -0.3 is 5.11 Å². The molecule has 0 amide bonds. The average molecular weight is 275 g/mol. The van der Waals surface area contributed by atoms with Crippen LogP contribution in [0.15, 0.2) is 42.5 Å². The van der Waals surface area contributed by atoms with Crippen LogP contribution >= 0.6 is 11.6 Å². The smallest absolute Gasteiger partial charge is 0.104 e. The summed E-state index contributed by atoms with van der Waals surface area (Å²) in [5.41, 5.74) is 4.33. The van der Waals surface area contributed by atoms with Crippen LogP contribution in [0.4, 0.5) is 0 Å². The topological polar surface area (TPSA) is 20.2 Å². The van der Waals surface area contributed by atoms with Gasteiger partial charge in [0.15, 0.2) is 0 Å². The molecule has 0 spiro atoms. The van der Waals surface area contributed by atoms with Gasteiger partial charge in [-0.25, -0.2) is 0 Å². The van der Waals surface area contributed by atoms with Gasteiger partial charge in [-0.3, -0.25) is 0 Å². The highest BCUT2D eigenvalue weighted by Gasteiger charge is 2.14. The summed E-state index contributed by atoms with van der Waals surface area (Å²) in [4.78, 5) is 0. The van der Waals surface area contributed by atoms with Crippen molar-refractivity contribution in [2.45, 2.75) is 32.8 Å². The van der Waals surface area contributed by atoms with Gasteiger partial charge in [-0.05, 0) is 47.2 Å². The predicted octanol–water partition coefficient (Wildman–Crippen LogP) is 4.55. The number of hydrogen-bond acceptors (Lipinski definition) is 1. The van der Waals surface area contributed by atoms with Gasteiger partial charge in [-0.2, -0.15) is 0 Å². The number of halogens is 1. The van der Waals surface area contributed by atoms with Crippen LogP contribution in [0.25, 0.3) is 0 Å². The maximum absolute atomic E-state index is 10.6. The van der Waals surface area contributed by atoms with Crippen molar-refractivity contribution >= 4 is 11.6 Å². The van der Waals surface area contributed by atoms with Gasteiger partial charge in [-0.1, -0.05) is 55.8 Å². The molecule has 0 aliphatic rings. The monoisotopic (exact) mass is 274 g/mol. The SMILES string of the molecule is CCc1ccc(CC)c(C(O)c2ccc(Cl)cc2)c1. The summed E-state index contributed by atoms with van der Waals surface area (Å²) < 4.78 is 0. The molecule has 1 N–H and O–H groups in total. The Balaban J connectivity index is 2.41. The molecule has 2 rings (SSSR count). The van der Waals surface area contributed by atoms with E-state index in [1.54, 1.807) is 0 Å². The quantitative estimate of drug-likeness (QED) is 0.867. The zero-order chi connectivity index (χ0) is 13.8. The molecule has 0 saturated carbocycles. The Kier molecular flexibility index (Phi) is 4.62. The molecule has 0 saturated heterocycles. The van der Waals surface area contributed by atoms with E-state index < -0.39 is 6.10 Å². The number of aliphatic hydroxyl groups is 1. The van der Waals surface area contributed by atoms with E-state index in [-0.39, 0.29) is 0 Å². The van der Waals surface area contributed by atoms with Crippen molar-refractivity contribution in [2.75, 3.05) is 0 Å². The van der Waals surface area contributed by atoms with Crippen molar-refractivity contribution in [3.8, 4) is 0 Å². The highest BCUT2D eigenvalue weighted by molar-refractivity contribution is 6.30.